The molecule has 3 rings (SSSR count). The number of nitrogens with zero attached hydrogens (tertiary/aromatic N) is 2. The van der Waals surface area contributed by atoms with E-state index in [0.717, 1.165) is 23.9 Å². The van der Waals surface area contributed by atoms with Crippen molar-refractivity contribution in [1.29, 1.82) is 0 Å². The minimum atomic E-state index is -4.48. The van der Waals surface area contributed by atoms with Gasteiger partial charge in [0.2, 0.25) is 11.8 Å². The molecule has 2 aromatic carbocycles. The topological polar surface area (TPSA) is 61.8 Å². The molecule has 1 N–H and O–H groups in total. The lowest BCUT2D eigenvalue weighted by molar-refractivity contribution is -0.137. The Labute approximate surface area is 173 Å². The molecule has 29 heavy (non-hydrogen) atoms. The number of amidine groups is 1. The summed E-state index contributed by atoms with van der Waals surface area (Å²) in [5, 5.41) is 2.64. The molecule has 0 spiro atoms. The van der Waals surface area contributed by atoms with Crippen molar-refractivity contribution in [2.45, 2.75) is 17.8 Å². The van der Waals surface area contributed by atoms with Gasteiger partial charge in [-0.1, -0.05) is 35.5 Å². The number of alkyl halides is 3. The van der Waals surface area contributed by atoms with Crippen LogP contribution in [0, 0.1) is 0 Å². The zero-order valence-corrected chi connectivity index (χ0v) is 16.6. The van der Waals surface area contributed by atoms with Gasteiger partial charge in [0.15, 0.2) is 5.17 Å². The van der Waals surface area contributed by atoms with Crippen molar-refractivity contribution in [1.82, 2.24) is 4.90 Å². The van der Waals surface area contributed by atoms with E-state index in [1.54, 1.807) is 24.3 Å². The average Bonchev–Trinajstić information content (AvgIpc) is 2.89. The fraction of sp³-hybridized carbons (Fsp3) is 0.211. The van der Waals surface area contributed by atoms with E-state index >= 15 is 0 Å². The van der Waals surface area contributed by atoms with Gasteiger partial charge < -0.3 is 5.32 Å². The van der Waals surface area contributed by atoms with Crippen molar-refractivity contribution < 1.29 is 22.8 Å². The summed E-state index contributed by atoms with van der Waals surface area (Å²) in [7, 11) is 1.47. The first-order valence-electron chi connectivity index (χ1n) is 8.39. The lowest BCUT2D eigenvalue weighted by Crippen LogP contribution is -2.30. The second-order valence-electron chi connectivity index (χ2n) is 6.21. The SMILES string of the molecule is CN1C(=O)[C@H](CC(=O)Nc2cccc(Cl)c2)SC1=Nc1cccc(C(F)(F)F)c1. The minimum absolute atomic E-state index is 0.0750. The van der Waals surface area contributed by atoms with Crippen LogP contribution in [0.4, 0.5) is 24.5 Å². The summed E-state index contributed by atoms with van der Waals surface area (Å²) in [6.07, 6.45) is -4.59. The summed E-state index contributed by atoms with van der Waals surface area (Å²) >= 11 is 6.91. The van der Waals surface area contributed by atoms with E-state index in [9.17, 15) is 22.8 Å². The quantitative estimate of drug-likeness (QED) is 0.730. The molecule has 0 bridgehead atoms. The third-order valence-corrected chi connectivity index (χ3v) is 5.48. The van der Waals surface area contributed by atoms with Crippen molar-refractivity contribution in [3.8, 4) is 0 Å². The molecule has 1 atom stereocenters. The fourth-order valence-electron chi connectivity index (χ4n) is 2.61. The van der Waals surface area contributed by atoms with Crippen LogP contribution in [0.5, 0.6) is 0 Å². The van der Waals surface area contributed by atoms with Crippen molar-refractivity contribution >= 4 is 51.7 Å². The first-order valence-corrected chi connectivity index (χ1v) is 9.65. The Bertz CT molecular complexity index is 981. The van der Waals surface area contributed by atoms with Crippen LogP contribution in [0.15, 0.2) is 53.5 Å². The van der Waals surface area contributed by atoms with E-state index in [1.165, 1.54) is 24.1 Å². The minimum Gasteiger partial charge on any atom is -0.326 e. The molecule has 1 aliphatic rings. The van der Waals surface area contributed by atoms with Crippen LogP contribution in [0.3, 0.4) is 0 Å². The number of aliphatic imine (C=N–C) groups is 1. The Balaban J connectivity index is 1.71. The smallest absolute Gasteiger partial charge is 0.326 e. The number of anilines is 1. The number of halogens is 4. The molecule has 2 amide bonds. The normalized spacial score (nSPS) is 18.4. The molecule has 152 valence electrons. The molecule has 0 aliphatic carbocycles. The number of hydrogen-bond donors (Lipinski definition) is 1. The average molecular weight is 442 g/mol. The second kappa shape index (κ2) is 8.46. The van der Waals surface area contributed by atoms with Crippen molar-refractivity contribution in [3.05, 3.63) is 59.1 Å². The second-order valence-corrected chi connectivity index (χ2v) is 7.82. The maximum Gasteiger partial charge on any atom is 0.416 e. The fourth-order valence-corrected chi connectivity index (χ4v) is 3.95. The molecule has 5 nitrogen and oxygen atoms in total. The van der Waals surface area contributed by atoms with Gasteiger partial charge in [-0.2, -0.15) is 13.2 Å². The molecular formula is C19H15ClF3N3O2S. The van der Waals surface area contributed by atoms with Crippen LogP contribution in [0.1, 0.15) is 12.0 Å². The third kappa shape index (κ3) is 5.30. The van der Waals surface area contributed by atoms with Crippen LogP contribution in [-0.2, 0) is 15.8 Å². The largest absolute Gasteiger partial charge is 0.416 e. The van der Waals surface area contributed by atoms with Crippen LogP contribution in [0.25, 0.3) is 0 Å². The molecule has 0 radical (unpaired) electrons. The number of carbonyl (C=O) groups excluding carboxylic acids is 2. The van der Waals surface area contributed by atoms with E-state index in [2.05, 4.69) is 10.3 Å². The van der Waals surface area contributed by atoms with E-state index in [4.69, 9.17) is 11.6 Å². The molecule has 0 unspecified atom stereocenters. The van der Waals surface area contributed by atoms with Crippen LogP contribution in [0.2, 0.25) is 5.02 Å². The van der Waals surface area contributed by atoms with Gasteiger partial charge in [0, 0.05) is 24.2 Å². The maximum absolute atomic E-state index is 12.9. The standard InChI is InChI=1S/C19H15ClF3N3O2S/c1-26-17(28)15(10-16(27)24-14-7-3-5-12(20)9-14)29-18(26)25-13-6-2-4-11(8-13)19(21,22)23/h2-9,15H,10H2,1H3,(H,24,27)/t15-/m0/s1. The van der Waals surface area contributed by atoms with Crippen LogP contribution in [-0.4, -0.2) is 34.2 Å². The number of carbonyl (C=O) groups is 2. The lowest BCUT2D eigenvalue weighted by Gasteiger charge is -2.10. The van der Waals surface area contributed by atoms with Gasteiger partial charge in [-0.15, -0.1) is 0 Å². The predicted octanol–water partition coefficient (Wildman–Crippen LogP) is 4.95. The third-order valence-electron chi connectivity index (χ3n) is 4.02. The first kappa shape index (κ1) is 21.2. The molecule has 1 aliphatic heterocycles. The summed E-state index contributed by atoms with van der Waals surface area (Å²) < 4.78 is 38.6. The first-order chi connectivity index (χ1) is 13.6. The van der Waals surface area contributed by atoms with Gasteiger partial charge in [0.05, 0.1) is 11.3 Å². The number of benzene rings is 2. The Morgan fingerprint density at radius 2 is 1.97 bits per heavy atom. The summed E-state index contributed by atoms with van der Waals surface area (Å²) in [6.45, 7) is 0. The van der Waals surface area contributed by atoms with Crippen molar-refractivity contribution in [2.75, 3.05) is 12.4 Å². The molecular weight excluding hydrogens is 427 g/mol. The zero-order chi connectivity index (χ0) is 21.2. The number of thioether (sulfide) groups is 1. The highest BCUT2D eigenvalue weighted by molar-refractivity contribution is 8.15. The summed E-state index contributed by atoms with van der Waals surface area (Å²) in [4.78, 5) is 30.1. The molecule has 1 fully saturated rings. The van der Waals surface area contributed by atoms with Gasteiger partial charge in [0.1, 0.15) is 5.25 Å². The number of nitrogens with one attached hydrogen (secondary N) is 1. The monoisotopic (exact) mass is 441 g/mol. The Morgan fingerprint density at radius 3 is 2.66 bits per heavy atom. The summed E-state index contributed by atoms with van der Waals surface area (Å²) in [5.74, 6) is -0.728. The van der Waals surface area contributed by atoms with Gasteiger partial charge >= 0.3 is 6.18 Å². The Hall–Kier alpha value is -2.52. The summed E-state index contributed by atoms with van der Waals surface area (Å²) in [6, 6.07) is 11.1. The molecule has 10 heteroatoms. The van der Waals surface area contributed by atoms with E-state index in [1.807, 2.05) is 0 Å². The van der Waals surface area contributed by atoms with E-state index in [0.29, 0.717) is 10.7 Å². The highest BCUT2D eigenvalue weighted by Gasteiger charge is 2.37. The highest BCUT2D eigenvalue weighted by Crippen LogP contribution is 2.34. The van der Waals surface area contributed by atoms with Gasteiger partial charge in [-0.3, -0.25) is 14.5 Å². The molecule has 1 heterocycles. The van der Waals surface area contributed by atoms with Crippen LogP contribution >= 0.6 is 23.4 Å². The molecule has 1 saturated heterocycles. The van der Waals surface area contributed by atoms with Crippen molar-refractivity contribution in [2.24, 2.45) is 4.99 Å². The predicted molar refractivity (Wildman–Crippen MR) is 107 cm³/mol. The lowest BCUT2D eigenvalue weighted by atomic mass is 10.2. The molecule has 2 aromatic rings. The van der Waals surface area contributed by atoms with Gasteiger partial charge in [-0.05, 0) is 36.4 Å². The van der Waals surface area contributed by atoms with E-state index < -0.39 is 17.0 Å². The number of hydrogen-bond acceptors (Lipinski definition) is 4. The van der Waals surface area contributed by atoms with Gasteiger partial charge in [0.25, 0.3) is 0 Å². The number of amides is 2. The van der Waals surface area contributed by atoms with E-state index in [-0.39, 0.29) is 29.1 Å². The van der Waals surface area contributed by atoms with Crippen LogP contribution < -0.4 is 5.32 Å². The number of rotatable bonds is 4. The van der Waals surface area contributed by atoms with Crippen molar-refractivity contribution in [3.63, 3.8) is 0 Å². The maximum atomic E-state index is 12.9. The Kier molecular flexibility index (Phi) is 6.18. The highest BCUT2D eigenvalue weighted by atomic mass is 35.5. The molecule has 0 aromatic heterocycles. The molecule has 0 saturated carbocycles. The Morgan fingerprint density at radius 1 is 1.24 bits per heavy atom. The summed E-state index contributed by atoms with van der Waals surface area (Å²) in [5.41, 5.74) is -0.246. The van der Waals surface area contributed by atoms with Gasteiger partial charge in [-0.25, -0.2) is 4.99 Å². The zero-order valence-electron chi connectivity index (χ0n) is 15.0.